The molecule has 0 radical (unpaired) electrons. The van der Waals surface area contributed by atoms with Crippen molar-refractivity contribution in [3.63, 3.8) is 0 Å². The monoisotopic (exact) mass is 537 g/mol. The van der Waals surface area contributed by atoms with E-state index in [1.54, 1.807) is 43.3 Å². The van der Waals surface area contributed by atoms with E-state index in [0.717, 1.165) is 15.4 Å². The summed E-state index contributed by atoms with van der Waals surface area (Å²) in [6.07, 6.45) is 0.516. The minimum absolute atomic E-state index is 0.0694. The van der Waals surface area contributed by atoms with Crippen molar-refractivity contribution in [2.24, 2.45) is 0 Å². The third-order valence-electron chi connectivity index (χ3n) is 6.22. The summed E-state index contributed by atoms with van der Waals surface area (Å²) in [5, 5.41) is 2.58. The molecule has 9 heteroatoms. The maximum Gasteiger partial charge on any atom is 0.264 e. The van der Waals surface area contributed by atoms with Crippen LogP contribution in [-0.2, 0) is 26.0 Å². The molecule has 8 nitrogen and oxygen atoms in total. The number of carbonyl (C=O) groups excluding carboxylic acids is 2. The number of hydrogen-bond acceptors (Lipinski definition) is 5. The Balaban J connectivity index is 1.97. The third kappa shape index (κ3) is 7.13. The Morgan fingerprint density at radius 1 is 0.947 bits per heavy atom. The molecule has 2 amide bonds. The number of ether oxygens (including phenoxy) is 1. The van der Waals surface area contributed by atoms with Gasteiger partial charge in [0.25, 0.3) is 10.0 Å². The molecule has 0 aliphatic rings. The minimum atomic E-state index is -4.10. The third-order valence-corrected chi connectivity index (χ3v) is 8.01. The molecule has 3 aromatic rings. The van der Waals surface area contributed by atoms with Gasteiger partial charge >= 0.3 is 0 Å². The van der Waals surface area contributed by atoms with Crippen LogP contribution in [0.15, 0.2) is 83.8 Å². The first-order valence-electron chi connectivity index (χ1n) is 12.5. The number of nitrogens with one attached hydrogen (secondary N) is 1. The summed E-state index contributed by atoms with van der Waals surface area (Å²) in [5.41, 5.74) is 2.24. The maximum atomic E-state index is 13.8. The fourth-order valence-corrected chi connectivity index (χ4v) is 5.43. The molecule has 202 valence electrons. The average Bonchev–Trinajstić information content (AvgIpc) is 2.92. The number of likely N-dealkylation sites (N-methyl/N-ethyl adjacent to an activating group) is 1. The molecule has 0 saturated heterocycles. The van der Waals surface area contributed by atoms with Crippen LogP contribution in [0, 0.1) is 6.92 Å². The molecular weight excluding hydrogens is 502 g/mol. The molecule has 3 aromatic carbocycles. The molecule has 1 N–H and O–H groups in total. The van der Waals surface area contributed by atoms with Gasteiger partial charge in [0.2, 0.25) is 11.8 Å². The lowest BCUT2D eigenvalue weighted by molar-refractivity contribution is -0.138. The summed E-state index contributed by atoms with van der Waals surface area (Å²) >= 11 is 0. The van der Waals surface area contributed by atoms with Gasteiger partial charge in [0.15, 0.2) is 0 Å². The number of hydrogen-bond donors (Lipinski definition) is 1. The van der Waals surface area contributed by atoms with Crippen molar-refractivity contribution in [3.05, 3.63) is 90.0 Å². The van der Waals surface area contributed by atoms with Crippen molar-refractivity contribution < 1.29 is 22.7 Å². The molecule has 0 aromatic heterocycles. The van der Waals surface area contributed by atoms with Crippen LogP contribution in [0.5, 0.6) is 5.75 Å². The molecule has 0 bridgehead atoms. The van der Waals surface area contributed by atoms with Gasteiger partial charge in [-0.3, -0.25) is 13.9 Å². The lowest BCUT2D eigenvalue weighted by atomic mass is 10.1. The Morgan fingerprint density at radius 3 is 2.16 bits per heavy atom. The molecule has 0 heterocycles. The van der Waals surface area contributed by atoms with Crippen molar-refractivity contribution in [3.8, 4) is 5.75 Å². The van der Waals surface area contributed by atoms with Crippen molar-refractivity contribution in [1.29, 1.82) is 0 Å². The fourth-order valence-electron chi connectivity index (χ4n) is 4.02. The Labute approximate surface area is 225 Å². The summed E-state index contributed by atoms with van der Waals surface area (Å²) in [6, 6.07) is 21.9. The largest absolute Gasteiger partial charge is 0.494 e. The van der Waals surface area contributed by atoms with Crippen molar-refractivity contribution in [1.82, 2.24) is 10.2 Å². The second kappa shape index (κ2) is 13.1. The highest BCUT2D eigenvalue weighted by Gasteiger charge is 2.32. The van der Waals surface area contributed by atoms with Crippen LogP contribution in [-0.4, -0.2) is 57.9 Å². The molecule has 0 saturated carbocycles. The van der Waals surface area contributed by atoms with E-state index in [-0.39, 0.29) is 17.3 Å². The van der Waals surface area contributed by atoms with E-state index < -0.39 is 28.5 Å². The number of benzene rings is 3. The fraction of sp³-hybridized carbons (Fsp3) is 0.310. The molecular formula is C29H35N3O5S. The number of nitrogens with zero attached hydrogens (tertiary/aromatic N) is 2. The first-order chi connectivity index (χ1) is 18.2. The molecule has 38 heavy (non-hydrogen) atoms. The predicted octanol–water partition coefficient (Wildman–Crippen LogP) is 3.79. The van der Waals surface area contributed by atoms with Gasteiger partial charge in [0.1, 0.15) is 18.3 Å². The number of rotatable bonds is 12. The lowest BCUT2D eigenvalue weighted by Gasteiger charge is -2.31. The Kier molecular flexibility index (Phi) is 9.90. The number of carbonyl (C=O) groups is 2. The SMILES string of the molecule is CCOc1ccc(N(CC(=O)N(CCc2ccccc2)C(C)C(=O)NC)S(=O)(=O)c2ccc(C)cc2)cc1. The zero-order valence-electron chi connectivity index (χ0n) is 22.3. The number of aryl methyl sites for hydroxylation is 1. The normalized spacial score (nSPS) is 11.9. The van der Waals surface area contributed by atoms with Crippen molar-refractivity contribution in [2.75, 3.05) is 31.0 Å². The van der Waals surface area contributed by atoms with Crippen LogP contribution in [0.4, 0.5) is 5.69 Å². The Morgan fingerprint density at radius 2 is 1.58 bits per heavy atom. The molecule has 1 atom stereocenters. The van der Waals surface area contributed by atoms with Gasteiger partial charge in [-0.25, -0.2) is 8.42 Å². The van der Waals surface area contributed by atoms with Crippen LogP contribution in [0.3, 0.4) is 0 Å². The first-order valence-corrected chi connectivity index (χ1v) is 14.0. The maximum absolute atomic E-state index is 13.8. The van der Waals surface area contributed by atoms with E-state index in [2.05, 4.69) is 5.32 Å². The van der Waals surface area contributed by atoms with Crippen LogP contribution < -0.4 is 14.4 Å². The smallest absolute Gasteiger partial charge is 0.264 e. The highest BCUT2D eigenvalue weighted by atomic mass is 32.2. The summed E-state index contributed by atoms with van der Waals surface area (Å²) in [6.45, 7) is 5.61. The van der Waals surface area contributed by atoms with Crippen molar-refractivity contribution >= 4 is 27.5 Å². The first kappa shape index (κ1) is 28.7. The van der Waals surface area contributed by atoms with Crippen LogP contribution in [0.2, 0.25) is 0 Å². The van der Waals surface area contributed by atoms with Gasteiger partial charge in [-0.2, -0.15) is 0 Å². The summed E-state index contributed by atoms with van der Waals surface area (Å²) < 4.78 is 34.2. The van der Waals surface area contributed by atoms with E-state index in [1.165, 1.54) is 24.1 Å². The van der Waals surface area contributed by atoms with Crippen LogP contribution in [0.1, 0.15) is 25.0 Å². The van der Waals surface area contributed by atoms with E-state index in [4.69, 9.17) is 4.74 Å². The highest BCUT2D eigenvalue weighted by molar-refractivity contribution is 7.92. The quantitative estimate of drug-likeness (QED) is 0.379. The van der Waals surface area contributed by atoms with E-state index in [1.807, 2.05) is 44.2 Å². The van der Waals surface area contributed by atoms with Gasteiger partial charge in [0, 0.05) is 13.6 Å². The average molecular weight is 538 g/mol. The number of sulfonamides is 1. The summed E-state index contributed by atoms with van der Waals surface area (Å²) in [5.74, 6) is -0.227. The van der Waals surface area contributed by atoms with E-state index >= 15 is 0 Å². The molecule has 1 unspecified atom stereocenters. The zero-order valence-corrected chi connectivity index (χ0v) is 23.1. The lowest BCUT2D eigenvalue weighted by Crippen LogP contribution is -2.51. The highest BCUT2D eigenvalue weighted by Crippen LogP contribution is 2.26. The summed E-state index contributed by atoms with van der Waals surface area (Å²) in [7, 11) is -2.59. The molecule has 0 spiro atoms. The molecule has 3 rings (SSSR count). The zero-order chi connectivity index (χ0) is 27.7. The number of anilines is 1. The van der Waals surface area contributed by atoms with Gasteiger partial charge < -0.3 is 15.0 Å². The Bertz CT molecular complexity index is 1310. The standard InChI is InChI=1S/C29H35N3O5S/c1-5-37-26-15-13-25(14-16-26)32(38(35,36)27-17-11-22(2)12-18-27)21-28(33)31(23(3)29(34)30-4)20-19-24-9-7-6-8-10-24/h6-18,23H,5,19-21H2,1-4H3,(H,30,34). The molecule has 0 fully saturated rings. The molecule has 0 aliphatic heterocycles. The number of amides is 2. The molecule has 0 aliphatic carbocycles. The van der Waals surface area contributed by atoms with E-state index in [0.29, 0.717) is 24.5 Å². The van der Waals surface area contributed by atoms with E-state index in [9.17, 15) is 18.0 Å². The van der Waals surface area contributed by atoms with Crippen molar-refractivity contribution in [2.45, 2.75) is 38.1 Å². The van der Waals surface area contributed by atoms with Crippen LogP contribution in [0.25, 0.3) is 0 Å². The van der Waals surface area contributed by atoms with Gasteiger partial charge in [-0.15, -0.1) is 0 Å². The van der Waals surface area contributed by atoms with Gasteiger partial charge in [-0.05, 0) is 69.2 Å². The second-order valence-electron chi connectivity index (χ2n) is 8.86. The second-order valence-corrected chi connectivity index (χ2v) is 10.7. The van der Waals surface area contributed by atoms with Gasteiger partial charge in [0.05, 0.1) is 17.2 Å². The Hall–Kier alpha value is -3.85. The minimum Gasteiger partial charge on any atom is -0.494 e. The van der Waals surface area contributed by atoms with Gasteiger partial charge in [-0.1, -0.05) is 48.0 Å². The predicted molar refractivity (Wildman–Crippen MR) is 149 cm³/mol. The summed E-state index contributed by atoms with van der Waals surface area (Å²) in [4.78, 5) is 27.7. The topological polar surface area (TPSA) is 96.0 Å². The van der Waals surface area contributed by atoms with Crippen LogP contribution >= 0.6 is 0 Å².